The monoisotopic (exact) mass is 337 g/mol. The molecule has 0 aliphatic carbocycles. The second-order valence-electron chi connectivity index (χ2n) is 6.43. The van der Waals surface area contributed by atoms with Crippen molar-refractivity contribution in [2.24, 2.45) is 0 Å². The molecule has 25 heavy (non-hydrogen) atoms. The lowest BCUT2D eigenvalue weighted by molar-refractivity contribution is -0.129. The topological polar surface area (TPSA) is 55.8 Å². The van der Waals surface area contributed by atoms with Gasteiger partial charge in [-0.1, -0.05) is 48.5 Å². The zero-order chi connectivity index (χ0) is 17.2. The van der Waals surface area contributed by atoms with Crippen molar-refractivity contribution in [3.8, 4) is 5.75 Å². The number of amides is 2. The van der Waals surface area contributed by atoms with Crippen molar-refractivity contribution in [3.63, 3.8) is 0 Å². The number of para-hydroxylation sites is 1. The van der Waals surface area contributed by atoms with Gasteiger partial charge in [-0.05, 0) is 18.1 Å². The van der Waals surface area contributed by atoms with Crippen LogP contribution in [0.2, 0.25) is 0 Å². The molecular formula is C20H19NO4. The number of hydrogen-bond acceptors (Lipinski definition) is 4. The van der Waals surface area contributed by atoms with E-state index in [0.29, 0.717) is 13.0 Å². The molecule has 2 amide bonds. The fraction of sp³-hybridized carbons (Fsp3) is 0.300. The first-order valence-corrected chi connectivity index (χ1v) is 8.47. The summed E-state index contributed by atoms with van der Waals surface area (Å²) in [4.78, 5) is 26.2. The minimum atomic E-state index is -0.543. The predicted molar refractivity (Wildman–Crippen MR) is 91.4 cm³/mol. The van der Waals surface area contributed by atoms with E-state index in [1.165, 1.54) is 4.90 Å². The summed E-state index contributed by atoms with van der Waals surface area (Å²) in [6, 6.07) is 17.3. The summed E-state index contributed by atoms with van der Waals surface area (Å²) in [7, 11) is 0. The van der Waals surface area contributed by atoms with Crippen LogP contribution in [0, 0.1) is 0 Å². The zero-order valence-corrected chi connectivity index (χ0v) is 13.8. The van der Waals surface area contributed by atoms with Crippen molar-refractivity contribution in [2.45, 2.75) is 24.8 Å². The number of cyclic esters (lactones) is 1. The number of benzene rings is 2. The van der Waals surface area contributed by atoms with E-state index in [0.717, 1.165) is 16.9 Å². The summed E-state index contributed by atoms with van der Waals surface area (Å²) in [5.41, 5.74) is 2.11. The first-order valence-electron chi connectivity index (χ1n) is 8.47. The normalized spacial score (nSPS) is 21.6. The fourth-order valence-corrected chi connectivity index (χ4v) is 3.51. The molecule has 2 heterocycles. The molecule has 0 radical (unpaired) electrons. The van der Waals surface area contributed by atoms with Crippen LogP contribution in [0.3, 0.4) is 0 Å². The molecule has 0 saturated carbocycles. The molecule has 1 fully saturated rings. The molecule has 0 spiro atoms. The number of nitrogens with zero attached hydrogens (tertiary/aromatic N) is 1. The van der Waals surface area contributed by atoms with Gasteiger partial charge < -0.3 is 9.47 Å². The Kier molecular flexibility index (Phi) is 4.14. The Hall–Kier alpha value is -2.82. The van der Waals surface area contributed by atoms with Crippen LogP contribution in [0.5, 0.6) is 5.75 Å². The van der Waals surface area contributed by atoms with Crippen LogP contribution in [0.15, 0.2) is 54.6 Å². The highest BCUT2D eigenvalue weighted by molar-refractivity contribution is 5.94. The van der Waals surface area contributed by atoms with E-state index >= 15 is 0 Å². The van der Waals surface area contributed by atoms with Gasteiger partial charge in [0.15, 0.2) is 0 Å². The third kappa shape index (κ3) is 3.09. The van der Waals surface area contributed by atoms with Crippen molar-refractivity contribution in [2.75, 3.05) is 13.2 Å². The van der Waals surface area contributed by atoms with Gasteiger partial charge in [-0.3, -0.25) is 4.79 Å². The van der Waals surface area contributed by atoms with E-state index in [1.54, 1.807) is 0 Å². The van der Waals surface area contributed by atoms with Gasteiger partial charge in [0.1, 0.15) is 12.4 Å². The lowest BCUT2D eigenvalue weighted by Gasteiger charge is -2.21. The molecule has 2 unspecified atom stereocenters. The molecular weight excluding hydrogens is 318 g/mol. The Morgan fingerprint density at radius 1 is 1.00 bits per heavy atom. The van der Waals surface area contributed by atoms with Crippen LogP contribution in [0.1, 0.15) is 23.5 Å². The van der Waals surface area contributed by atoms with Crippen LogP contribution >= 0.6 is 0 Å². The van der Waals surface area contributed by atoms with Crippen molar-refractivity contribution in [1.82, 2.24) is 4.90 Å². The van der Waals surface area contributed by atoms with Gasteiger partial charge in [0.05, 0.1) is 12.6 Å². The summed E-state index contributed by atoms with van der Waals surface area (Å²) in [5.74, 6) is 0.605. The largest absolute Gasteiger partial charge is 0.493 e. The number of carbonyl (C=O) groups excluding carboxylic acids is 2. The third-order valence-electron chi connectivity index (χ3n) is 4.76. The summed E-state index contributed by atoms with van der Waals surface area (Å²) in [6.45, 7) is 0.717. The molecule has 0 N–H and O–H groups in total. The van der Waals surface area contributed by atoms with Crippen molar-refractivity contribution < 1.29 is 19.1 Å². The first kappa shape index (κ1) is 15.7. The van der Waals surface area contributed by atoms with Gasteiger partial charge in [-0.15, -0.1) is 0 Å². The molecule has 128 valence electrons. The van der Waals surface area contributed by atoms with Gasteiger partial charge in [0, 0.05) is 17.9 Å². The Morgan fingerprint density at radius 2 is 1.76 bits per heavy atom. The van der Waals surface area contributed by atoms with Crippen molar-refractivity contribution >= 4 is 12.0 Å². The summed E-state index contributed by atoms with van der Waals surface area (Å²) in [6.07, 6.45) is 0.311. The molecule has 2 aliphatic rings. The van der Waals surface area contributed by atoms with E-state index in [2.05, 4.69) is 0 Å². The lowest BCUT2D eigenvalue weighted by atomic mass is 9.96. The summed E-state index contributed by atoms with van der Waals surface area (Å²) < 4.78 is 10.8. The van der Waals surface area contributed by atoms with Crippen LogP contribution in [-0.4, -0.2) is 36.2 Å². The van der Waals surface area contributed by atoms with Crippen LogP contribution in [0.4, 0.5) is 4.79 Å². The molecule has 4 rings (SSSR count). The maximum atomic E-state index is 12.8. The quantitative estimate of drug-likeness (QED) is 0.860. The average Bonchev–Trinajstić information content (AvgIpc) is 3.20. The van der Waals surface area contributed by atoms with Gasteiger partial charge >= 0.3 is 6.09 Å². The Balaban J connectivity index is 1.47. The van der Waals surface area contributed by atoms with Gasteiger partial charge in [0.25, 0.3) is 0 Å². The highest BCUT2D eigenvalue weighted by atomic mass is 16.6. The minimum absolute atomic E-state index is 0.0190. The number of imide groups is 1. The van der Waals surface area contributed by atoms with Gasteiger partial charge in [-0.25, -0.2) is 9.69 Å². The maximum Gasteiger partial charge on any atom is 0.416 e. The Morgan fingerprint density at radius 3 is 2.60 bits per heavy atom. The molecule has 0 bridgehead atoms. The highest BCUT2D eigenvalue weighted by Crippen LogP contribution is 2.36. The second kappa shape index (κ2) is 6.59. The van der Waals surface area contributed by atoms with Crippen molar-refractivity contribution in [3.05, 3.63) is 65.7 Å². The van der Waals surface area contributed by atoms with E-state index in [4.69, 9.17) is 9.47 Å². The second-order valence-corrected chi connectivity index (χ2v) is 6.43. The third-order valence-corrected chi connectivity index (χ3v) is 4.76. The van der Waals surface area contributed by atoms with E-state index in [9.17, 15) is 9.59 Å². The Bertz CT molecular complexity index is 789. The molecule has 5 nitrogen and oxygen atoms in total. The molecule has 2 aromatic rings. The first-order chi connectivity index (χ1) is 12.2. The summed E-state index contributed by atoms with van der Waals surface area (Å²) >= 11 is 0. The zero-order valence-electron chi connectivity index (χ0n) is 13.8. The SMILES string of the molecule is O=C(CC1COc2ccccc21)N1C(=O)OCC1Cc1ccccc1. The molecule has 2 atom stereocenters. The number of fused-ring (bicyclic) bond motifs is 1. The van der Waals surface area contributed by atoms with E-state index in [-0.39, 0.29) is 30.9 Å². The molecule has 2 aliphatic heterocycles. The van der Waals surface area contributed by atoms with E-state index < -0.39 is 6.09 Å². The number of rotatable bonds is 4. The molecule has 0 aromatic heterocycles. The van der Waals surface area contributed by atoms with Gasteiger partial charge in [0.2, 0.25) is 5.91 Å². The number of carbonyl (C=O) groups is 2. The average molecular weight is 337 g/mol. The standard InChI is InChI=1S/C20H19NO4/c22-19(11-15-12-24-18-9-5-4-8-17(15)18)21-16(13-25-20(21)23)10-14-6-2-1-3-7-14/h1-9,15-16H,10-13H2. The van der Waals surface area contributed by atoms with Crippen LogP contribution in [0.25, 0.3) is 0 Å². The Labute approximate surface area is 146 Å². The van der Waals surface area contributed by atoms with E-state index in [1.807, 2.05) is 54.6 Å². The highest BCUT2D eigenvalue weighted by Gasteiger charge is 2.39. The molecule has 1 saturated heterocycles. The predicted octanol–water partition coefficient (Wildman–Crippen LogP) is 3.14. The van der Waals surface area contributed by atoms with Crippen LogP contribution in [-0.2, 0) is 16.0 Å². The molecule has 5 heteroatoms. The lowest BCUT2D eigenvalue weighted by Crippen LogP contribution is -2.40. The van der Waals surface area contributed by atoms with Crippen molar-refractivity contribution in [1.29, 1.82) is 0 Å². The smallest absolute Gasteiger partial charge is 0.416 e. The minimum Gasteiger partial charge on any atom is -0.493 e. The number of hydrogen-bond donors (Lipinski definition) is 0. The maximum absolute atomic E-state index is 12.8. The van der Waals surface area contributed by atoms with Gasteiger partial charge in [-0.2, -0.15) is 0 Å². The number of ether oxygens (including phenoxy) is 2. The fourth-order valence-electron chi connectivity index (χ4n) is 3.51. The summed E-state index contributed by atoms with van der Waals surface area (Å²) in [5, 5.41) is 0. The van der Waals surface area contributed by atoms with Crippen LogP contribution < -0.4 is 4.74 Å². The molecule has 2 aromatic carbocycles.